The summed E-state index contributed by atoms with van der Waals surface area (Å²) in [7, 11) is -3.80. The lowest BCUT2D eigenvalue weighted by Crippen LogP contribution is -2.20. The van der Waals surface area contributed by atoms with E-state index >= 15 is 0 Å². The second-order valence-electron chi connectivity index (χ2n) is 11.6. The SMILES string of the molecule is Cc1ccc(S(=O)(=O)OCCOCc2ccc([C@@H]3c4ccc(OCc5ccccc5)cc4CC[C@@H]3c3ccccc3)cc2)cc1. The molecule has 45 heavy (non-hydrogen) atoms. The molecule has 0 saturated carbocycles. The van der Waals surface area contributed by atoms with Crippen LogP contribution in [-0.4, -0.2) is 21.6 Å². The minimum Gasteiger partial charge on any atom is -0.489 e. The Labute approximate surface area is 266 Å². The molecule has 0 fully saturated rings. The van der Waals surface area contributed by atoms with E-state index in [9.17, 15) is 8.42 Å². The summed E-state index contributed by atoms with van der Waals surface area (Å²) in [6.07, 6.45) is 2.06. The van der Waals surface area contributed by atoms with Gasteiger partial charge in [-0.1, -0.05) is 109 Å². The van der Waals surface area contributed by atoms with Gasteiger partial charge < -0.3 is 9.47 Å². The molecule has 6 rings (SSSR count). The van der Waals surface area contributed by atoms with Gasteiger partial charge in [-0.05, 0) is 83.3 Å². The summed E-state index contributed by atoms with van der Waals surface area (Å²) >= 11 is 0. The molecule has 1 aliphatic rings. The normalized spacial score (nSPS) is 16.2. The molecule has 6 heteroatoms. The van der Waals surface area contributed by atoms with Crippen molar-refractivity contribution in [2.24, 2.45) is 0 Å². The van der Waals surface area contributed by atoms with Crippen LogP contribution in [0.4, 0.5) is 0 Å². The maximum Gasteiger partial charge on any atom is 0.297 e. The highest BCUT2D eigenvalue weighted by atomic mass is 32.2. The molecule has 0 bridgehead atoms. The van der Waals surface area contributed by atoms with Crippen LogP contribution in [0.25, 0.3) is 0 Å². The third-order valence-electron chi connectivity index (χ3n) is 8.44. The molecule has 0 aliphatic heterocycles. The highest BCUT2D eigenvalue weighted by molar-refractivity contribution is 7.86. The molecule has 0 N–H and O–H groups in total. The molecular formula is C39H38O5S. The third-order valence-corrected chi connectivity index (χ3v) is 9.76. The van der Waals surface area contributed by atoms with Gasteiger partial charge >= 0.3 is 0 Å². The fraction of sp³-hybridized carbons (Fsp3) is 0.231. The number of fused-ring (bicyclic) bond motifs is 1. The van der Waals surface area contributed by atoms with Crippen molar-refractivity contribution in [3.8, 4) is 5.75 Å². The Kier molecular flexibility index (Phi) is 9.75. The molecule has 5 nitrogen and oxygen atoms in total. The largest absolute Gasteiger partial charge is 0.489 e. The number of ether oxygens (including phenoxy) is 2. The van der Waals surface area contributed by atoms with E-state index in [1.54, 1.807) is 24.3 Å². The predicted octanol–water partition coefficient (Wildman–Crippen LogP) is 8.36. The molecule has 0 radical (unpaired) electrons. The third kappa shape index (κ3) is 7.71. The van der Waals surface area contributed by atoms with E-state index in [1.165, 1.54) is 22.3 Å². The highest BCUT2D eigenvalue weighted by Crippen LogP contribution is 2.47. The Morgan fingerprint density at radius 1 is 0.689 bits per heavy atom. The van der Waals surface area contributed by atoms with Gasteiger partial charge in [0.15, 0.2) is 0 Å². The topological polar surface area (TPSA) is 61.8 Å². The average Bonchev–Trinajstić information content (AvgIpc) is 3.08. The van der Waals surface area contributed by atoms with E-state index in [1.807, 2.05) is 25.1 Å². The van der Waals surface area contributed by atoms with Gasteiger partial charge in [0, 0.05) is 5.92 Å². The van der Waals surface area contributed by atoms with Crippen molar-refractivity contribution in [3.05, 3.63) is 166 Å². The fourth-order valence-electron chi connectivity index (χ4n) is 6.09. The van der Waals surface area contributed by atoms with Gasteiger partial charge in [0.05, 0.1) is 24.7 Å². The lowest BCUT2D eigenvalue weighted by atomic mass is 9.69. The second-order valence-corrected chi connectivity index (χ2v) is 13.2. The van der Waals surface area contributed by atoms with Crippen LogP contribution in [0.5, 0.6) is 5.75 Å². The van der Waals surface area contributed by atoms with Crippen LogP contribution in [0.1, 0.15) is 57.2 Å². The first kappa shape index (κ1) is 30.8. The molecule has 0 aromatic heterocycles. The quantitative estimate of drug-likeness (QED) is 0.104. The summed E-state index contributed by atoms with van der Waals surface area (Å²) in [5, 5.41) is 0. The van der Waals surface area contributed by atoms with Crippen molar-refractivity contribution >= 4 is 10.1 Å². The predicted molar refractivity (Wildman–Crippen MR) is 177 cm³/mol. The van der Waals surface area contributed by atoms with Crippen molar-refractivity contribution < 1.29 is 22.1 Å². The van der Waals surface area contributed by atoms with Gasteiger partial charge in [-0.25, -0.2) is 0 Å². The monoisotopic (exact) mass is 618 g/mol. The minimum atomic E-state index is -3.80. The average molecular weight is 619 g/mol. The smallest absolute Gasteiger partial charge is 0.297 e. The van der Waals surface area contributed by atoms with Crippen LogP contribution in [0.15, 0.2) is 132 Å². The van der Waals surface area contributed by atoms with Crippen LogP contribution in [0.3, 0.4) is 0 Å². The Morgan fingerprint density at radius 2 is 1.38 bits per heavy atom. The molecule has 5 aromatic carbocycles. The lowest BCUT2D eigenvalue weighted by molar-refractivity contribution is 0.0907. The van der Waals surface area contributed by atoms with E-state index in [2.05, 4.69) is 84.9 Å². The molecule has 1 aliphatic carbocycles. The summed E-state index contributed by atoms with van der Waals surface area (Å²) in [5.74, 6) is 1.48. The van der Waals surface area contributed by atoms with Crippen molar-refractivity contribution in [1.82, 2.24) is 0 Å². The lowest BCUT2D eigenvalue weighted by Gasteiger charge is -2.35. The Balaban J connectivity index is 1.12. The molecule has 0 amide bonds. The van der Waals surface area contributed by atoms with Crippen molar-refractivity contribution in [1.29, 1.82) is 0 Å². The zero-order valence-electron chi connectivity index (χ0n) is 25.5. The summed E-state index contributed by atoms with van der Waals surface area (Å²) in [6, 6.07) is 42.8. The minimum absolute atomic E-state index is 0.0387. The van der Waals surface area contributed by atoms with Gasteiger partial charge in [-0.3, -0.25) is 4.18 Å². The summed E-state index contributed by atoms with van der Waals surface area (Å²) in [4.78, 5) is 0.151. The molecule has 0 unspecified atom stereocenters. The molecular weight excluding hydrogens is 580 g/mol. The van der Waals surface area contributed by atoms with Crippen LogP contribution >= 0.6 is 0 Å². The van der Waals surface area contributed by atoms with E-state index < -0.39 is 10.1 Å². The van der Waals surface area contributed by atoms with Gasteiger partial charge in [-0.15, -0.1) is 0 Å². The van der Waals surface area contributed by atoms with Crippen LogP contribution < -0.4 is 4.74 Å². The van der Waals surface area contributed by atoms with Crippen molar-refractivity contribution in [3.63, 3.8) is 0 Å². The fourth-order valence-corrected chi connectivity index (χ4v) is 6.98. The maximum absolute atomic E-state index is 12.4. The van der Waals surface area contributed by atoms with E-state index in [4.69, 9.17) is 13.7 Å². The van der Waals surface area contributed by atoms with E-state index in [0.717, 1.165) is 35.3 Å². The Bertz CT molecular complexity index is 1790. The standard InChI is InChI=1S/C39H38O5S/c1-29-12-20-36(21-13-29)45(40,41)44-25-24-42-27-31-14-16-33(17-15-31)39-37(32-10-6-3-7-11-32)22-18-34-26-35(19-23-38(34)39)43-28-30-8-4-2-5-9-30/h2-17,19-21,23,26,37,39H,18,22,24-25,27-28H2,1H3/t37-,39+/m1/s1. The van der Waals surface area contributed by atoms with Crippen LogP contribution in [-0.2, 0) is 38.7 Å². The van der Waals surface area contributed by atoms with Gasteiger partial charge in [0.25, 0.3) is 10.1 Å². The zero-order valence-corrected chi connectivity index (χ0v) is 26.3. The Hall–Kier alpha value is -4.23. The van der Waals surface area contributed by atoms with Gasteiger partial charge in [0.2, 0.25) is 0 Å². The summed E-state index contributed by atoms with van der Waals surface area (Å²) in [6.45, 7) is 2.97. The molecule has 230 valence electrons. The van der Waals surface area contributed by atoms with Crippen molar-refractivity contribution in [2.75, 3.05) is 13.2 Å². The molecule has 2 atom stereocenters. The van der Waals surface area contributed by atoms with E-state index in [-0.39, 0.29) is 24.0 Å². The summed E-state index contributed by atoms with van der Waals surface area (Å²) in [5.41, 5.74) is 8.47. The molecule has 0 heterocycles. The molecule has 5 aromatic rings. The van der Waals surface area contributed by atoms with Crippen LogP contribution in [0, 0.1) is 6.92 Å². The number of hydrogen-bond donors (Lipinski definition) is 0. The zero-order chi connectivity index (χ0) is 31.1. The van der Waals surface area contributed by atoms with Crippen LogP contribution in [0.2, 0.25) is 0 Å². The van der Waals surface area contributed by atoms with E-state index in [0.29, 0.717) is 19.1 Å². The van der Waals surface area contributed by atoms with Gasteiger partial charge in [0.1, 0.15) is 12.4 Å². The number of hydrogen-bond acceptors (Lipinski definition) is 5. The highest BCUT2D eigenvalue weighted by Gasteiger charge is 2.32. The molecule has 0 saturated heterocycles. The number of aryl methyl sites for hydroxylation is 2. The molecule has 0 spiro atoms. The summed E-state index contributed by atoms with van der Waals surface area (Å²) < 4.78 is 41.9. The number of benzene rings is 5. The first-order chi connectivity index (χ1) is 22.0. The first-order valence-corrected chi connectivity index (χ1v) is 16.8. The van der Waals surface area contributed by atoms with Crippen molar-refractivity contribution in [2.45, 2.75) is 49.7 Å². The van der Waals surface area contributed by atoms with Gasteiger partial charge in [-0.2, -0.15) is 8.42 Å². The second kappa shape index (κ2) is 14.2. The first-order valence-electron chi connectivity index (χ1n) is 15.4. The number of rotatable bonds is 12. The Morgan fingerprint density at radius 3 is 2.11 bits per heavy atom. The maximum atomic E-state index is 12.4.